The van der Waals surface area contributed by atoms with Gasteiger partial charge in [-0.05, 0) is 37.1 Å². The standard InChI is InChI=1S/C22H16O3/c1-13-11-12-17-20(14(13)2)21(23)25-22(17)15-7-3-5-9-18(15)24-19-10-6-4-8-16(19)22/h3-12H,1-2H3. The van der Waals surface area contributed by atoms with Crippen LogP contribution in [0.3, 0.4) is 0 Å². The molecule has 0 atom stereocenters. The van der Waals surface area contributed by atoms with Gasteiger partial charge in [-0.3, -0.25) is 0 Å². The van der Waals surface area contributed by atoms with E-state index in [1.807, 2.05) is 68.4 Å². The summed E-state index contributed by atoms with van der Waals surface area (Å²) in [5.74, 6) is 1.17. The van der Waals surface area contributed by atoms with Gasteiger partial charge in [0.05, 0.1) is 5.56 Å². The summed E-state index contributed by atoms with van der Waals surface area (Å²) < 4.78 is 12.2. The Bertz CT molecular complexity index is 1000. The maximum Gasteiger partial charge on any atom is 0.340 e. The van der Waals surface area contributed by atoms with E-state index in [1.165, 1.54) is 0 Å². The van der Waals surface area contributed by atoms with Gasteiger partial charge in [0.1, 0.15) is 11.5 Å². The van der Waals surface area contributed by atoms with Crippen LogP contribution in [0.5, 0.6) is 11.5 Å². The Morgan fingerprint density at radius 3 is 2.00 bits per heavy atom. The van der Waals surface area contributed by atoms with Crippen molar-refractivity contribution < 1.29 is 14.3 Å². The smallest absolute Gasteiger partial charge is 0.340 e. The van der Waals surface area contributed by atoms with E-state index in [4.69, 9.17) is 9.47 Å². The Hall–Kier alpha value is -3.07. The number of fused-ring (bicyclic) bond motifs is 6. The monoisotopic (exact) mass is 328 g/mol. The van der Waals surface area contributed by atoms with Gasteiger partial charge in [0.25, 0.3) is 0 Å². The highest BCUT2D eigenvalue weighted by atomic mass is 16.6. The molecule has 3 aromatic carbocycles. The van der Waals surface area contributed by atoms with Gasteiger partial charge in [0.15, 0.2) is 5.60 Å². The van der Waals surface area contributed by atoms with Gasteiger partial charge < -0.3 is 9.47 Å². The number of benzene rings is 3. The number of hydrogen-bond donors (Lipinski definition) is 0. The van der Waals surface area contributed by atoms with Crippen molar-refractivity contribution in [2.24, 2.45) is 0 Å². The fourth-order valence-electron chi connectivity index (χ4n) is 3.97. The molecule has 0 unspecified atom stereocenters. The molecule has 3 aromatic rings. The number of hydrogen-bond acceptors (Lipinski definition) is 3. The second-order valence-electron chi connectivity index (χ2n) is 6.60. The van der Waals surface area contributed by atoms with Gasteiger partial charge in [-0.1, -0.05) is 48.5 Å². The highest BCUT2D eigenvalue weighted by molar-refractivity contribution is 5.98. The van der Waals surface area contributed by atoms with E-state index < -0.39 is 5.60 Å². The second-order valence-corrected chi connectivity index (χ2v) is 6.60. The van der Waals surface area contributed by atoms with E-state index in [2.05, 4.69) is 6.07 Å². The average Bonchev–Trinajstić information content (AvgIpc) is 2.92. The molecule has 0 saturated carbocycles. The molecule has 0 fully saturated rings. The summed E-state index contributed by atoms with van der Waals surface area (Å²) in [6, 6.07) is 19.6. The number of ether oxygens (including phenoxy) is 2. The molecule has 122 valence electrons. The summed E-state index contributed by atoms with van der Waals surface area (Å²) in [5.41, 5.74) is 4.40. The second kappa shape index (κ2) is 4.73. The Morgan fingerprint density at radius 2 is 1.36 bits per heavy atom. The molecule has 0 aromatic heterocycles. The van der Waals surface area contributed by atoms with Crippen molar-refractivity contribution in [1.29, 1.82) is 0 Å². The largest absolute Gasteiger partial charge is 0.456 e. The fraction of sp³-hybridized carbons (Fsp3) is 0.136. The zero-order valence-electron chi connectivity index (χ0n) is 14.0. The first-order valence-corrected chi connectivity index (χ1v) is 8.34. The lowest BCUT2D eigenvalue weighted by molar-refractivity contribution is 0.0224. The van der Waals surface area contributed by atoms with Crippen LogP contribution in [-0.2, 0) is 10.3 Å². The number of rotatable bonds is 0. The van der Waals surface area contributed by atoms with Gasteiger partial charge in [-0.2, -0.15) is 0 Å². The summed E-state index contributed by atoms with van der Waals surface area (Å²) >= 11 is 0. The van der Waals surface area contributed by atoms with Crippen molar-refractivity contribution in [3.63, 3.8) is 0 Å². The molecule has 0 N–H and O–H groups in total. The lowest BCUT2D eigenvalue weighted by atomic mass is 9.77. The first-order chi connectivity index (χ1) is 12.1. The quantitative estimate of drug-likeness (QED) is 0.552. The van der Waals surface area contributed by atoms with Crippen LogP contribution in [0, 0.1) is 13.8 Å². The van der Waals surface area contributed by atoms with Crippen molar-refractivity contribution in [3.05, 3.63) is 94.0 Å². The molecule has 5 rings (SSSR count). The molecule has 2 aliphatic heterocycles. The molecule has 3 nitrogen and oxygen atoms in total. The molecule has 3 heteroatoms. The Balaban J connectivity index is 1.93. The SMILES string of the molecule is Cc1ccc2c(c1C)C(=O)OC21c2ccccc2Oc2ccccc21. The van der Waals surface area contributed by atoms with Crippen molar-refractivity contribution in [2.75, 3.05) is 0 Å². The summed E-state index contributed by atoms with van der Waals surface area (Å²) in [7, 11) is 0. The highest BCUT2D eigenvalue weighted by Gasteiger charge is 2.53. The average molecular weight is 328 g/mol. The first kappa shape index (κ1) is 14.3. The third-order valence-corrected chi connectivity index (χ3v) is 5.32. The minimum Gasteiger partial charge on any atom is -0.456 e. The molecule has 0 amide bonds. The molecule has 0 saturated heterocycles. The van der Waals surface area contributed by atoms with Gasteiger partial charge >= 0.3 is 5.97 Å². The summed E-state index contributed by atoms with van der Waals surface area (Å²) in [5, 5.41) is 0. The normalized spacial score (nSPS) is 15.8. The van der Waals surface area contributed by atoms with Gasteiger partial charge in [-0.15, -0.1) is 0 Å². The van der Waals surface area contributed by atoms with Crippen LogP contribution in [0.15, 0.2) is 60.7 Å². The highest BCUT2D eigenvalue weighted by Crippen LogP contribution is 2.56. The maximum absolute atomic E-state index is 12.9. The van der Waals surface area contributed by atoms with Crippen molar-refractivity contribution in [2.45, 2.75) is 19.4 Å². The van der Waals surface area contributed by atoms with Crippen LogP contribution in [0.1, 0.15) is 38.2 Å². The van der Waals surface area contributed by atoms with E-state index in [0.717, 1.165) is 39.3 Å². The number of carbonyl (C=O) groups is 1. The van der Waals surface area contributed by atoms with Crippen LogP contribution < -0.4 is 4.74 Å². The van der Waals surface area contributed by atoms with Crippen molar-refractivity contribution in [3.8, 4) is 11.5 Å². The zero-order valence-corrected chi connectivity index (χ0v) is 14.0. The molecule has 2 aliphatic rings. The van der Waals surface area contributed by atoms with E-state index in [-0.39, 0.29) is 5.97 Å². The Labute approximate surface area is 145 Å². The molecular formula is C22H16O3. The summed E-state index contributed by atoms with van der Waals surface area (Å²) in [6.07, 6.45) is 0. The van der Waals surface area contributed by atoms with Crippen LogP contribution in [0.25, 0.3) is 0 Å². The lowest BCUT2D eigenvalue weighted by Crippen LogP contribution is -2.32. The number of esters is 1. The minimum atomic E-state index is -0.948. The Kier molecular flexibility index (Phi) is 2.70. The molecular weight excluding hydrogens is 312 g/mol. The maximum atomic E-state index is 12.9. The van der Waals surface area contributed by atoms with Gasteiger partial charge in [0.2, 0.25) is 0 Å². The molecule has 2 heterocycles. The third-order valence-electron chi connectivity index (χ3n) is 5.32. The van der Waals surface area contributed by atoms with E-state index in [0.29, 0.717) is 5.56 Å². The Morgan fingerprint density at radius 1 is 0.760 bits per heavy atom. The van der Waals surface area contributed by atoms with Crippen LogP contribution in [0.4, 0.5) is 0 Å². The van der Waals surface area contributed by atoms with Crippen LogP contribution in [0.2, 0.25) is 0 Å². The zero-order chi connectivity index (χ0) is 17.2. The topological polar surface area (TPSA) is 35.5 Å². The van der Waals surface area contributed by atoms with Crippen molar-refractivity contribution >= 4 is 5.97 Å². The number of para-hydroxylation sites is 2. The fourth-order valence-corrected chi connectivity index (χ4v) is 3.97. The summed E-state index contributed by atoms with van der Waals surface area (Å²) in [4.78, 5) is 12.9. The van der Waals surface area contributed by atoms with E-state index in [9.17, 15) is 4.79 Å². The van der Waals surface area contributed by atoms with Gasteiger partial charge in [-0.25, -0.2) is 4.79 Å². The summed E-state index contributed by atoms with van der Waals surface area (Å²) in [6.45, 7) is 3.99. The molecule has 0 aliphatic carbocycles. The van der Waals surface area contributed by atoms with Crippen LogP contribution >= 0.6 is 0 Å². The molecule has 25 heavy (non-hydrogen) atoms. The van der Waals surface area contributed by atoms with Crippen molar-refractivity contribution in [1.82, 2.24) is 0 Å². The molecule has 0 radical (unpaired) electrons. The molecule has 0 bridgehead atoms. The number of aryl methyl sites for hydroxylation is 1. The lowest BCUT2D eigenvalue weighted by Gasteiger charge is -2.36. The van der Waals surface area contributed by atoms with E-state index >= 15 is 0 Å². The predicted octanol–water partition coefficient (Wildman–Crippen LogP) is 4.87. The first-order valence-electron chi connectivity index (χ1n) is 8.34. The van der Waals surface area contributed by atoms with Gasteiger partial charge in [0, 0.05) is 16.7 Å². The number of carbonyl (C=O) groups excluding carboxylic acids is 1. The van der Waals surface area contributed by atoms with Crippen LogP contribution in [-0.4, -0.2) is 5.97 Å². The third kappa shape index (κ3) is 1.67. The predicted molar refractivity (Wildman–Crippen MR) is 94.2 cm³/mol. The minimum absolute atomic E-state index is 0.275. The van der Waals surface area contributed by atoms with E-state index in [1.54, 1.807) is 0 Å². The molecule has 1 spiro atoms.